The van der Waals surface area contributed by atoms with Crippen LogP contribution in [0.25, 0.3) is 0 Å². The summed E-state index contributed by atoms with van der Waals surface area (Å²) in [5.41, 5.74) is -0.699. The van der Waals surface area contributed by atoms with Crippen LogP contribution in [0.15, 0.2) is 0 Å². The molecule has 19 heavy (non-hydrogen) atoms. The third-order valence-corrected chi connectivity index (χ3v) is 4.70. The van der Waals surface area contributed by atoms with Gasteiger partial charge >= 0.3 is 0 Å². The molecule has 104 valence electrons. The highest BCUT2D eigenvalue weighted by Gasteiger charge is 2.49. The van der Waals surface area contributed by atoms with Gasteiger partial charge < -0.3 is 5.32 Å². The highest BCUT2D eigenvalue weighted by molar-refractivity contribution is 5.88. The summed E-state index contributed by atoms with van der Waals surface area (Å²) in [5.74, 6) is 1.23. The Labute approximate surface area is 112 Å². The van der Waals surface area contributed by atoms with Gasteiger partial charge in [0.25, 0.3) is 0 Å². The molecule has 2 aliphatic carbocycles. The number of aromatic nitrogens is 4. The molecule has 0 aliphatic heterocycles. The number of aromatic amines is 1. The molecular weight excluding hydrogens is 242 g/mol. The zero-order chi connectivity index (χ0) is 13.5. The first-order chi connectivity index (χ1) is 9.05. The fraction of sp³-hybridized carbons (Fsp3) is 0.846. The zero-order valence-corrected chi connectivity index (χ0v) is 11.6. The van der Waals surface area contributed by atoms with Crippen molar-refractivity contribution in [2.45, 2.75) is 63.3 Å². The smallest absolute Gasteiger partial charge is 0.234 e. The van der Waals surface area contributed by atoms with Gasteiger partial charge in [0.05, 0.1) is 0 Å². The molecule has 0 atom stereocenters. The molecule has 2 aliphatic rings. The second kappa shape index (κ2) is 4.28. The monoisotopic (exact) mass is 263 g/mol. The lowest BCUT2D eigenvalue weighted by Gasteiger charge is -2.32. The van der Waals surface area contributed by atoms with E-state index in [1.807, 2.05) is 0 Å². The molecule has 0 spiro atoms. The normalized spacial score (nSPS) is 22.4. The summed E-state index contributed by atoms with van der Waals surface area (Å²) in [4.78, 5) is 12.8. The van der Waals surface area contributed by atoms with Crippen molar-refractivity contribution in [3.63, 3.8) is 0 Å². The fourth-order valence-electron chi connectivity index (χ4n) is 3.21. The average Bonchev–Trinajstić information content (AvgIpc) is 2.91. The summed E-state index contributed by atoms with van der Waals surface area (Å²) in [7, 11) is 0. The summed E-state index contributed by atoms with van der Waals surface area (Å²) in [6.45, 7) is 4.23. The summed E-state index contributed by atoms with van der Waals surface area (Å²) in [6.07, 6.45) is 6.15. The predicted octanol–water partition coefficient (Wildman–Crippen LogP) is 1.32. The first kappa shape index (κ1) is 12.6. The van der Waals surface area contributed by atoms with E-state index in [0.29, 0.717) is 11.7 Å². The number of H-pyrrole nitrogens is 1. The van der Waals surface area contributed by atoms with Gasteiger partial charge in [-0.1, -0.05) is 18.1 Å². The third-order valence-electron chi connectivity index (χ3n) is 4.70. The molecule has 1 aromatic rings. The van der Waals surface area contributed by atoms with Crippen molar-refractivity contribution in [1.82, 2.24) is 25.9 Å². The van der Waals surface area contributed by atoms with Crippen molar-refractivity contribution < 1.29 is 4.79 Å². The van der Waals surface area contributed by atoms with Gasteiger partial charge in [-0.25, -0.2) is 0 Å². The predicted molar refractivity (Wildman–Crippen MR) is 69.3 cm³/mol. The summed E-state index contributed by atoms with van der Waals surface area (Å²) in [6, 6.07) is 0. The van der Waals surface area contributed by atoms with Crippen LogP contribution in [0.1, 0.15) is 58.2 Å². The van der Waals surface area contributed by atoms with E-state index in [2.05, 4.69) is 39.8 Å². The number of rotatable bonds is 4. The van der Waals surface area contributed by atoms with Gasteiger partial charge in [-0.2, -0.15) is 5.21 Å². The maximum absolute atomic E-state index is 12.8. The number of nitrogens with zero attached hydrogens (tertiary/aromatic N) is 3. The quantitative estimate of drug-likeness (QED) is 0.858. The van der Waals surface area contributed by atoms with Crippen LogP contribution < -0.4 is 5.32 Å². The van der Waals surface area contributed by atoms with Crippen molar-refractivity contribution >= 4 is 5.91 Å². The number of carbonyl (C=O) groups excluding carboxylic acids is 1. The molecule has 0 aromatic carbocycles. The molecular formula is C13H21N5O. The second-order valence-corrected chi connectivity index (χ2v) is 6.47. The number of hydrogen-bond acceptors (Lipinski definition) is 4. The Morgan fingerprint density at radius 2 is 2.05 bits per heavy atom. The lowest BCUT2D eigenvalue weighted by atomic mass is 9.83. The SMILES string of the molecule is CC(C)(NC(=O)C1(c2nn[nH]n2)CCCC1)C1CC1. The molecule has 6 heteroatoms. The van der Waals surface area contributed by atoms with Gasteiger partial charge in [0.1, 0.15) is 5.41 Å². The molecule has 0 unspecified atom stereocenters. The van der Waals surface area contributed by atoms with Crippen molar-refractivity contribution in [3.05, 3.63) is 5.82 Å². The van der Waals surface area contributed by atoms with Gasteiger partial charge in [-0.3, -0.25) is 4.79 Å². The van der Waals surface area contributed by atoms with Crippen molar-refractivity contribution in [2.75, 3.05) is 0 Å². The largest absolute Gasteiger partial charge is 0.350 e. The minimum atomic E-state index is -0.570. The van der Waals surface area contributed by atoms with E-state index in [9.17, 15) is 4.79 Å². The van der Waals surface area contributed by atoms with Crippen molar-refractivity contribution in [3.8, 4) is 0 Å². The number of hydrogen-bond donors (Lipinski definition) is 2. The van der Waals surface area contributed by atoms with Crippen LogP contribution in [0, 0.1) is 5.92 Å². The highest BCUT2D eigenvalue weighted by atomic mass is 16.2. The summed E-state index contributed by atoms with van der Waals surface area (Å²) >= 11 is 0. The van der Waals surface area contributed by atoms with Gasteiger partial charge in [0.2, 0.25) is 5.91 Å². The van der Waals surface area contributed by atoms with E-state index in [-0.39, 0.29) is 11.4 Å². The van der Waals surface area contributed by atoms with E-state index in [4.69, 9.17) is 0 Å². The maximum Gasteiger partial charge on any atom is 0.234 e. The van der Waals surface area contributed by atoms with Gasteiger partial charge in [0, 0.05) is 5.54 Å². The minimum Gasteiger partial charge on any atom is -0.350 e. The molecule has 0 saturated heterocycles. The molecule has 2 saturated carbocycles. The molecule has 3 rings (SSSR count). The van der Waals surface area contributed by atoms with Crippen LogP contribution in [-0.2, 0) is 10.2 Å². The van der Waals surface area contributed by atoms with E-state index in [1.165, 1.54) is 12.8 Å². The Kier molecular flexibility index (Phi) is 2.83. The zero-order valence-electron chi connectivity index (χ0n) is 11.6. The Bertz CT molecular complexity index is 457. The number of carbonyl (C=O) groups is 1. The van der Waals surface area contributed by atoms with Crippen molar-refractivity contribution in [2.24, 2.45) is 5.92 Å². The first-order valence-electron chi connectivity index (χ1n) is 7.11. The third kappa shape index (κ3) is 2.13. The fourth-order valence-corrected chi connectivity index (χ4v) is 3.21. The molecule has 1 amide bonds. The van der Waals surface area contributed by atoms with Gasteiger partial charge in [0.15, 0.2) is 5.82 Å². The maximum atomic E-state index is 12.8. The van der Waals surface area contributed by atoms with Crippen LogP contribution in [0.5, 0.6) is 0 Å². The Hall–Kier alpha value is -1.46. The van der Waals surface area contributed by atoms with Crippen molar-refractivity contribution in [1.29, 1.82) is 0 Å². The second-order valence-electron chi connectivity index (χ2n) is 6.47. The Morgan fingerprint density at radius 3 is 2.58 bits per heavy atom. The molecule has 0 bridgehead atoms. The van der Waals surface area contributed by atoms with E-state index in [1.54, 1.807) is 0 Å². The van der Waals surface area contributed by atoms with Crippen LogP contribution in [-0.4, -0.2) is 32.1 Å². The van der Waals surface area contributed by atoms with E-state index in [0.717, 1.165) is 25.7 Å². The molecule has 0 radical (unpaired) electrons. The molecule has 1 heterocycles. The average molecular weight is 263 g/mol. The Balaban J connectivity index is 1.82. The highest BCUT2D eigenvalue weighted by Crippen LogP contribution is 2.43. The van der Waals surface area contributed by atoms with Crippen LogP contribution in [0.4, 0.5) is 0 Å². The lowest BCUT2D eigenvalue weighted by molar-refractivity contribution is -0.128. The van der Waals surface area contributed by atoms with Crippen LogP contribution >= 0.6 is 0 Å². The number of tetrazole rings is 1. The van der Waals surface area contributed by atoms with E-state index < -0.39 is 5.41 Å². The topological polar surface area (TPSA) is 83.6 Å². The van der Waals surface area contributed by atoms with E-state index >= 15 is 0 Å². The minimum absolute atomic E-state index is 0.0725. The summed E-state index contributed by atoms with van der Waals surface area (Å²) < 4.78 is 0. The number of amides is 1. The molecule has 6 nitrogen and oxygen atoms in total. The molecule has 1 aromatic heterocycles. The van der Waals surface area contributed by atoms with Gasteiger partial charge in [-0.15, -0.1) is 10.2 Å². The summed E-state index contributed by atoms with van der Waals surface area (Å²) in [5, 5.41) is 17.5. The number of nitrogens with one attached hydrogen (secondary N) is 2. The van der Waals surface area contributed by atoms with Crippen LogP contribution in [0.2, 0.25) is 0 Å². The first-order valence-corrected chi connectivity index (χ1v) is 7.11. The lowest BCUT2D eigenvalue weighted by Crippen LogP contribution is -2.53. The van der Waals surface area contributed by atoms with Gasteiger partial charge in [-0.05, 0) is 45.4 Å². The molecule has 2 N–H and O–H groups in total. The van der Waals surface area contributed by atoms with Crippen LogP contribution in [0.3, 0.4) is 0 Å². The molecule has 2 fully saturated rings. The standard InChI is InChI=1S/C13H21N5O/c1-12(2,9-5-6-9)14-11(19)13(7-3-4-8-13)10-15-17-18-16-10/h9H,3-8H2,1-2H3,(H,14,19)(H,15,16,17,18). The Morgan fingerprint density at radius 1 is 1.37 bits per heavy atom.